The van der Waals surface area contributed by atoms with Crippen molar-refractivity contribution in [2.24, 2.45) is 0 Å². The molecule has 0 aliphatic heterocycles. The molecule has 2 rings (SSSR count). The Hall–Kier alpha value is -0.940. The van der Waals surface area contributed by atoms with Gasteiger partial charge in [-0.2, -0.15) is 0 Å². The molecule has 4 heteroatoms. The monoisotopic (exact) mass is 418 g/mol. The molecule has 0 fully saturated rings. The molecule has 28 heavy (non-hydrogen) atoms. The Balaban J connectivity index is 2.57. The van der Waals surface area contributed by atoms with E-state index in [9.17, 15) is 0 Å². The molecule has 0 bridgehead atoms. The standard InChI is InChI=1S/C24H36O2P2/c1-8-24(9-2,21-15-11-12-18(3)22(21)26-17-25-5)27-23-19(4)13-10-14-20(23)16-28(6)7/h10-15,27H,8-9,16-17H2,1-7H3. The number of para-hydroxylation sites is 1. The fourth-order valence-corrected chi connectivity index (χ4v) is 6.70. The van der Waals surface area contributed by atoms with E-state index >= 15 is 0 Å². The van der Waals surface area contributed by atoms with Gasteiger partial charge in [-0.05, 0) is 68.2 Å². The van der Waals surface area contributed by atoms with Gasteiger partial charge in [0.05, 0.1) is 0 Å². The number of hydrogen-bond acceptors (Lipinski definition) is 2. The lowest BCUT2D eigenvalue weighted by Gasteiger charge is -2.36. The van der Waals surface area contributed by atoms with E-state index < -0.39 is 0 Å². The highest BCUT2D eigenvalue weighted by molar-refractivity contribution is 7.55. The molecule has 2 aromatic rings. The Morgan fingerprint density at radius 2 is 1.61 bits per heavy atom. The summed E-state index contributed by atoms with van der Waals surface area (Å²) in [5, 5.41) is 1.64. The largest absolute Gasteiger partial charge is 0.467 e. The number of ether oxygens (including phenoxy) is 2. The third-order valence-electron chi connectivity index (χ3n) is 5.47. The molecule has 2 nitrogen and oxygen atoms in total. The molecule has 0 saturated carbocycles. The van der Waals surface area contributed by atoms with Crippen LogP contribution in [-0.2, 0) is 16.1 Å². The van der Waals surface area contributed by atoms with Gasteiger partial charge in [0.1, 0.15) is 5.75 Å². The summed E-state index contributed by atoms with van der Waals surface area (Å²) in [6.07, 6.45) is 3.38. The summed E-state index contributed by atoms with van der Waals surface area (Å²) in [6.45, 7) is 14.1. The molecule has 2 aromatic carbocycles. The number of rotatable bonds is 10. The molecule has 0 radical (unpaired) electrons. The summed E-state index contributed by atoms with van der Waals surface area (Å²) in [7, 11) is 2.44. The molecule has 154 valence electrons. The Morgan fingerprint density at radius 3 is 2.21 bits per heavy atom. The summed E-state index contributed by atoms with van der Waals surface area (Å²) < 4.78 is 11.3. The van der Waals surface area contributed by atoms with E-state index in [1.54, 1.807) is 12.4 Å². The van der Waals surface area contributed by atoms with Crippen LogP contribution in [0.5, 0.6) is 5.75 Å². The minimum atomic E-state index is 0.0341. The fourth-order valence-electron chi connectivity index (χ4n) is 3.83. The first-order valence-corrected chi connectivity index (χ1v) is 13.5. The van der Waals surface area contributed by atoms with Gasteiger partial charge in [-0.25, -0.2) is 0 Å². The van der Waals surface area contributed by atoms with Crippen LogP contribution in [0, 0.1) is 13.8 Å². The van der Waals surface area contributed by atoms with E-state index in [0.717, 1.165) is 27.2 Å². The van der Waals surface area contributed by atoms with Gasteiger partial charge in [0, 0.05) is 17.8 Å². The highest BCUT2D eigenvalue weighted by atomic mass is 31.1. The Bertz CT molecular complexity index is 767. The van der Waals surface area contributed by atoms with Crippen molar-refractivity contribution in [3.05, 3.63) is 58.7 Å². The molecule has 1 unspecified atom stereocenters. The van der Waals surface area contributed by atoms with Gasteiger partial charge in [0.15, 0.2) is 6.79 Å². The highest BCUT2D eigenvalue weighted by Gasteiger charge is 2.33. The van der Waals surface area contributed by atoms with Crippen molar-refractivity contribution in [2.45, 2.75) is 51.9 Å². The zero-order valence-corrected chi connectivity index (χ0v) is 20.5. The molecule has 0 aliphatic rings. The number of methoxy groups -OCH3 is 1. The smallest absolute Gasteiger partial charge is 0.188 e. The van der Waals surface area contributed by atoms with Crippen molar-refractivity contribution in [2.75, 3.05) is 27.2 Å². The van der Waals surface area contributed by atoms with Crippen LogP contribution in [0.3, 0.4) is 0 Å². The van der Waals surface area contributed by atoms with Crippen molar-refractivity contribution in [3.8, 4) is 5.75 Å². The maximum atomic E-state index is 6.07. The van der Waals surface area contributed by atoms with Gasteiger partial charge in [-0.3, -0.25) is 0 Å². The van der Waals surface area contributed by atoms with E-state index in [0.29, 0.717) is 0 Å². The van der Waals surface area contributed by atoms with Crippen LogP contribution in [-0.4, -0.2) is 27.2 Å². The van der Waals surface area contributed by atoms with Crippen molar-refractivity contribution >= 4 is 21.8 Å². The van der Waals surface area contributed by atoms with E-state index in [-0.39, 0.29) is 19.9 Å². The van der Waals surface area contributed by atoms with Gasteiger partial charge < -0.3 is 9.47 Å². The summed E-state index contributed by atoms with van der Waals surface area (Å²) in [5.74, 6) is 1.00. The van der Waals surface area contributed by atoms with Crippen LogP contribution >= 0.6 is 16.5 Å². The molecule has 0 spiro atoms. The minimum absolute atomic E-state index is 0.0341. The second-order valence-electron chi connectivity index (χ2n) is 7.76. The lowest BCUT2D eigenvalue weighted by Crippen LogP contribution is -2.25. The SMILES string of the molecule is CCC(CC)(Pc1c(C)cccc1CP(C)C)c1cccc(C)c1OCOC. The third kappa shape index (κ3) is 5.35. The third-order valence-corrected chi connectivity index (χ3v) is 8.86. The predicted molar refractivity (Wildman–Crippen MR) is 128 cm³/mol. The van der Waals surface area contributed by atoms with Gasteiger partial charge in [-0.15, -0.1) is 7.92 Å². The quantitative estimate of drug-likeness (QED) is 0.322. The summed E-state index contributed by atoms with van der Waals surface area (Å²) >= 11 is 0. The van der Waals surface area contributed by atoms with Crippen LogP contribution in [0.1, 0.15) is 48.9 Å². The summed E-state index contributed by atoms with van der Waals surface area (Å²) in [6, 6.07) is 13.4. The number of hydrogen-bond donors (Lipinski definition) is 0. The second kappa shape index (κ2) is 10.7. The maximum Gasteiger partial charge on any atom is 0.188 e. The lowest BCUT2D eigenvalue weighted by molar-refractivity contribution is 0.0494. The maximum absolute atomic E-state index is 6.07. The van der Waals surface area contributed by atoms with Crippen LogP contribution in [0.2, 0.25) is 0 Å². The second-order valence-corrected chi connectivity index (χ2v) is 11.9. The Kier molecular flexibility index (Phi) is 8.94. The molecular weight excluding hydrogens is 382 g/mol. The average Bonchev–Trinajstić information content (AvgIpc) is 2.67. The van der Waals surface area contributed by atoms with Crippen LogP contribution < -0.4 is 10.0 Å². The van der Waals surface area contributed by atoms with E-state index in [2.05, 4.69) is 77.4 Å². The lowest BCUT2D eigenvalue weighted by atomic mass is 9.90. The van der Waals surface area contributed by atoms with E-state index in [1.807, 2.05) is 0 Å². The fraction of sp³-hybridized carbons (Fsp3) is 0.500. The van der Waals surface area contributed by atoms with Crippen LogP contribution in [0.25, 0.3) is 0 Å². The average molecular weight is 418 g/mol. The van der Waals surface area contributed by atoms with Gasteiger partial charge in [0.25, 0.3) is 0 Å². The number of benzene rings is 2. The molecule has 0 saturated heterocycles. The first-order valence-electron chi connectivity index (χ1n) is 10.1. The molecule has 0 heterocycles. The topological polar surface area (TPSA) is 18.5 Å². The number of aryl methyl sites for hydroxylation is 2. The summed E-state index contributed by atoms with van der Waals surface area (Å²) in [4.78, 5) is 0. The Morgan fingerprint density at radius 1 is 0.964 bits per heavy atom. The van der Waals surface area contributed by atoms with Crippen molar-refractivity contribution in [1.82, 2.24) is 0 Å². The van der Waals surface area contributed by atoms with Crippen molar-refractivity contribution in [3.63, 3.8) is 0 Å². The van der Waals surface area contributed by atoms with E-state index in [4.69, 9.17) is 9.47 Å². The van der Waals surface area contributed by atoms with Crippen molar-refractivity contribution < 1.29 is 9.47 Å². The molecule has 0 aliphatic carbocycles. The predicted octanol–water partition coefficient (Wildman–Crippen LogP) is 6.55. The molecule has 0 aromatic heterocycles. The molecular formula is C24H36O2P2. The zero-order valence-electron chi connectivity index (χ0n) is 18.6. The van der Waals surface area contributed by atoms with Crippen LogP contribution in [0.15, 0.2) is 36.4 Å². The molecule has 0 amide bonds. The van der Waals surface area contributed by atoms with Crippen molar-refractivity contribution in [1.29, 1.82) is 0 Å². The van der Waals surface area contributed by atoms with Gasteiger partial charge in [0.2, 0.25) is 0 Å². The minimum Gasteiger partial charge on any atom is -0.467 e. The Labute approximate surface area is 175 Å². The molecule has 0 N–H and O–H groups in total. The highest BCUT2D eigenvalue weighted by Crippen LogP contribution is 2.51. The zero-order chi connectivity index (χ0) is 20.7. The van der Waals surface area contributed by atoms with E-state index in [1.165, 1.54) is 28.4 Å². The van der Waals surface area contributed by atoms with Crippen LogP contribution in [0.4, 0.5) is 0 Å². The summed E-state index contributed by atoms with van der Waals surface area (Å²) in [5.41, 5.74) is 5.47. The first kappa shape index (κ1) is 23.3. The normalized spacial score (nSPS) is 12.3. The van der Waals surface area contributed by atoms with Gasteiger partial charge >= 0.3 is 0 Å². The van der Waals surface area contributed by atoms with Gasteiger partial charge in [-0.1, -0.05) is 58.8 Å². The molecule has 1 atom stereocenters. The first-order chi connectivity index (χ1) is 13.4.